The van der Waals surface area contributed by atoms with Crippen LogP contribution in [0.25, 0.3) is 0 Å². The van der Waals surface area contributed by atoms with E-state index in [1.165, 1.54) is 30.1 Å². The van der Waals surface area contributed by atoms with Gasteiger partial charge in [0.05, 0.1) is 6.10 Å². The van der Waals surface area contributed by atoms with E-state index in [4.69, 9.17) is 4.74 Å². The Hall–Kier alpha value is 0.690. The molecule has 0 aromatic carbocycles. The molecule has 0 bridgehead atoms. The number of alkyl halides is 1. The van der Waals surface area contributed by atoms with Crippen LogP contribution in [-0.4, -0.2) is 17.6 Å². The molecule has 1 fully saturated rings. The molecule has 0 radical (unpaired) electrons. The van der Waals surface area contributed by atoms with E-state index in [1.54, 1.807) is 0 Å². The van der Waals surface area contributed by atoms with Crippen LogP contribution in [0.1, 0.15) is 25.7 Å². The molecule has 60 valence electrons. The van der Waals surface area contributed by atoms with Crippen LogP contribution in [0.3, 0.4) is 0 Å². The van der Waals surface area contributed by atoms with Crippen molar-refractivity contribution in [3.63, 3.8) is 0 Å². The van der Waals surface area contributed by atoms with Crippen molar-refractivity contribution in [1.82, 2.24) is 0 Å². The largest absolute Gasteiger partial charge is 0.381 e. The molecule has 0 unspecified atom stereocenters. The number of hydrogen-bond acceptors (Lipinski definition) is 1. The van der Waals surface area contributed by atoms with E-state index < -0.39 is 0 Å². The average molecular weight is 254 g/mol. The van der Waals surface area contributed by atoms with Gasteiger partial charge in [-0.1, -0.05) is 22.6 Å². The third kappa shape index (κ3) is 2.38. The number of rotatable bonds is 2. The molecular weight excluding hydrogens is 239 g/mol. The molecule has 1 rings (SSSR count). The van der Waals surface area contributed by atoms with Crippen LogP contribution in [0.5, 0.6) is 0 Å². The van der Waals surface area contributed by atoms with Crippen LogP contribution in [0.15, 0.2) is 0 Å². The molecule has 0 aromatic heterocycles. The zero-order valence-corrected chi connectivity index (χ0v) is 8.63. The van der Waals surface area contributed by atoms with E-state index in [-0.39, 0.29) is 0 Å². The molecule has 1 nitrogen and oxygen atoms in total. The second kappa shape index (κ2) is 4.54. The summed E-state index contributed by atoms with van der Waals surface area (Å²) in [5, 5.41) is 0. The third-order valence-electron chi connectivity index (χ3n) is 2.35. The lowest BCUT2D eigenvalue weighted by atomic mass is 9.89. The highest BCUT2D eigenvalue weighted by atomic mass is 127. The smallest absolute Gasteiger partial charge is 0.0571 e. The van der Waals surface area contributed by atoms with Gasteiger partial charge in [0.15, 0.2) is 0 Å². The van der Waals surface area contributed by atoms with Gasteiger partial charge in [0.1, 0.15) is 0 Å². The van der Waals surface area contributed by atoms with Gasteiger partial charge in [-0.2, -0.15) is 0 Å². The molecule has 0 aromatic rings. The summed E-state index contributed by atoms with van der Waals surface area (Å²) in [7, 11) is 1.83. The van der Waals surface area contributed by atoms with Gasteiger partial charge in [-0.15, -0.1) is 0 Å². The number of ether oxygens (including phenoxy) is 1. The molecule has 1 aliphatic carbocycles. The zero-order chi connectivity index (χ0) is 7.40. The second-order valence-corrected chi connectivity index (χ2v) is 3.91. The van der Waals surface area contributed by atoms with Gasteiger partial charge < -0.3 is 4.74 Å². The molecule has 0 N–H and O–H groups in total. The first-order valence-electron chi connectivity index (χ1n) is 3.95. The van der Waals surface area contributed by atoms with Crippen LogP contribution in [0, 0.1) is 5.92 Å². The molecule has 0 saturated heterocycles. The van der Waals surface area contributed by atoms with E-state index in [0.717, 1.165) is 5.92 Å². The molecule has 0 aliphatic heterocycles. The quantitative estimate of drug-likeness (QED) is 0.543. The maximum atomic E-state index is 5.28. The lowest BCUT2D eigenvalue weighted by molar-refractivity contribution is 0.0603. The van der Waals surface area contributed by atoms with Crippen LogP contribution >= 0.6 is 22.6 Å². The highest BCUT2D eigenvalue weighted by Crippen LogP contribution is 2.26. The molecule has 1 aliphatic rings. The van der Waals surface area contributed by atoms with E-state index >= 15 is 0 Å². The maximum absolute atomic E-state index is 5.28. The van der Waals surface area contributed by atoms with Crippen molar-refractivity contribution in [2.75, 3.05) is 11.5 Å². The van der Waals surface area contributed by atoms with Crippen molar-refractivity contribution in [2.24, 2.45) is 5.92 Å². The molecule has 2 heteroatoms. The van der Waals surface area contributed by atoms with Crippen LogP contribution < -0.4 is 0 Å². The lowest BCUT2D eigenvalue weighted by Gasteiger charge is -2.25. The van der Waals surface area contributed by atoms with E-state index in [2.05, 4.69) is 22.6 Å². The minimum Gasteiger partial charge on any atom is -0.381 e. The lowest BCUT2D eigenvalue weighted by Crippen LogP contribution is -2.20. The van der Waals surface area contributed by atoms with E-state index in [1.807, 2.05) is 7.11 Å². The zero-order valence-electron chi connectivity index (χ0n) is 6.48. The highest BCUT2D eigenvalue weighted by Gasteiger charge is 2.19. The van der Waals surface area contributed by atoms with Gasteiger partial charge in [-0.25, -0.2) is 0 Å². The van der Waals surface area contributed by atoms with Gasteiger partial charge in [-0.05, 0) is 31.6 Å². The summed E-state index contributed by atoms with van der Waals surface area (Å²) in [6.07, 6.45) is 5.89. The summed E-state index contributed by atoms with van der Waals surface area (Å²) >= 11 is 2.49. The Bertz CT molecular complexity index is 75.3. The minimum absolute atomic E-state index is 0.569. The molecule has 0 amide bonds. The van der Waals surface area contributed by atoms with Crippen LogP contribution in [0.4, 0.5) is 0 Å². The minimum atomic E-state index is 0.569. The Balaban J connectivity index is 2.17. The summed E-state index contributed by atoms with van der Waals surface area (Å²) in [5.74, 6) is 0.979. The Kier molecular flexibility index (Phi) is 3.99. The summed E-state index contributed by atoms with van der Waals surface area (Å²) in [6, 6.07) is 0. The monoisotopic (exact) mass is 254 g/mol. The van der Waals surface area contributed by atoms with Crippen molar-refractivity contribution in [2.45, 2.75) is 31.8 Å². The van der Waals surface area contributed by atoms with Gasteiger partial charge in [0.2, 0.25) is 0 Å². The first-order valence-corrected chi connectivity index (χ1v) is 5.48. The SMILES string of the molecule is CO[C@H]1CC[C@H](CI)CC1. The number of hydrogen-bond donors (Lipinski definition) is 0. The fourth-order valence-corrected chi connectivity index (χ4v) is 2.40. The Morgan fingerprint density at radius 3 is 2.30 bits per heavy atom. The first kappa shape index (κ1) is 8.78. The molecule has 10 heavy (non-hydrogen) atoms. The molecule has 0 spiro atoms. The van der Waals surface area contributed by atoms with Crippen molar-refractivity contribution >= 4 is 22.6 Å². The van der Waals surface area contributed by atoms with Gasteiger partial charge in [0.25, 0.3) is 0 Å². The van der Waals surface area contributed by atoms with Crippen molar-refractivity contribution in [1.29, 1.82) is 0 Å². The molecule has 0 atom stereocenters. The first-order chi connectivity index (χ1) is 4.86. The van der Waals surface area contributed by atoms with Gasteiger partial charge >= 0.3 is 0 Å². The Morgan fingerprint density at radius 1 is 1.30 bits per heavy atom. The highest BCUT2D eigenvalue weighted by molar-refractivity contribution is 14.1. The Labute approximate surface area is 76.7 Å². The summed E-state index contributed by atoms with van der Waals surface area (Å²) in [4.78, 5) is 0. The molecule has 1 saturated carbocycles. The van der Waals surface area contributed by atoms with Crippen molar-refractivity contribution < 1.29 is 4.74 Å². The number of methoxy groups -OCH3 is 1. The van der Waals surface area contributed by atoms with Crippen LogP contribution in [0.2, 0.25) is 0 Å². The predicted octanol–water partition coefficient (Wildman–Crippen LogP) is 2.63. The summed E-state index contributed by atoms with van der Waals surface area (Å²) in [6.45, 7) is 0. The van der Waals surface area contributed by atoms with Crippen LogP contribution in [-0.2, 0) is 4.74 Å². The fraction of sp³-hybridized carbons (Fsp3) is 1.00. The third-order valence-corrected chi connectivity index (χ3v) is 3.59. The van der Waals surface area contributed by atoms with Crippen molar-refractivity contribution in [3.05, 3.63) is 0 Å². The number of halogens is 1. The van der Waals surface area contributed by atoms with E-state index in [0.29, 0.717) is 6.10 Å². The summed E-state index contributed by atoms with van der Waals surface area (Å²) in [5.41, 5.74) is 0. The molecular formula is C8H15IO. The summed E-state index contributed by atoms with van der Waals surface area (Å²) < 4.78 is 6.61. The maximum Gasteiger partial charge on any atom is 0.0571 e. The Morgan fingerprint density at radius 2 is 1.90 bits per heavy atom. The van der Waals surface area contributed by atoms with E-state index in [9.17, 15) is 0 Å². The van der Waals surface area contributed by atoms with Gasteiger partial charge in [-0.3, -0.25) is 0 Å². The average Bonchev–Trinajstić information content (AvgIpc) is 2.05. The topological polar surface area (TPSA) is 9.23 Å². The second-order valence-electron chi connectivity index (χ2n) is 3.03. The predicted molar refractivity (Wildman–Crippen MR) is 51.6 cm³/mol. The normalized spacial score (nSPS) is 34.2. The van der Waals surface area contributed by atoms with Gasteiger partial charge in [0, 0.05) is 11.5 Å². The molecule has 0 heterocycles. The fourth-order valence-electron chi connectivity index (χ4n) is 1.52. The van der Waals surface area contributed by atoms with Crippen molar-refractivity contribution in [3.8, 4) is 0 Å². The standard InChI is InChI=1S/C8H15IO/c1-10-8-4-2-7(6-9)3-5-8/h7-8H,2-6H2,1H3/t7-,8-.